The van der Waals surface area contributed by atoms with E-state index < -0.39 is 15.9 Å². The predicted octanol–water partition coefficient (Wildman–Crippen LogP) is 0.135. The summed E-state index contributed by atoms with van der Waals surface area (Å²) in [5.74, 6) is -0.475. The average molecular weight is 271 g/mol. The molecule has 0 radical (unpaired) electrons. The molecule has 0 aliphatic rings. The van der Waals surface area contributed by atoms with Gasteiger partial charge < -0.3 is 11.1 Å². The van der Waals surface area contributed by atoms with E-state index >= 15 is 0 Å². The fourth-order valence-corrected chi connectivity index (χ4v) is 2.57. The first kappa shape index (κ1) is 14.4. The summed E-state index contributed by atoms with van der Waals surface area (Å²) in [6.45, 7) is 3.32. The third kappa shape index (κ3) is 4.33. The largest absolute Gasteiger partial charge is 0.397 e. The highest BCUT2D eigenvalue weighted by Gasteiger charge is 2.16. The first-order valence-corrected chi connectivity index (χ1v) is 7.46. The van der Waals surface area contributed by atoms with E-state index in [1.165, 1.54) is 12.3 Å². The van der Waals surface area contributed by atoms with Crippen LogP contribution < -0.4 is 11.1 Å². The molecule has 0 aromatic carbocycles. The summed E-state index contributed by atoms with van der Waals surface area (Å²) < 4.78 is 22.2. The van der Waals surface area contributed by atoms with Gasteiger partial charge in [0.15, 0.2) is 0 Å². The lowest BCUT2D eigenvalue weighted by Gasteiger charge is -2.13. The summed E-state index contributed by atoms with van der Waals surface area (Å²) >= 11 is 0. The Morgan fingerprint density at radius 1 is 1.56 bits per heavy atom. The van der Waals surface area contributed by atoms with E-state index in [2.05, 4.69) is 10.3 Å². The summed E-state index contributed by atoms with van der Waals surface area (Å²) in [5.41, 5.74) is 6.86. The Kier molecular flexibility index (Phi) is 4.28. The molecule has 0 aliphatic heterocycles. The van der Waals surface area contributed by atoms with E-state index in [-0.39, 0.29) is 11.7 Å². The maximum atomic E-state index is 11.9. The molecule has 0 saturated carbocycles. The third-order valence-corrected chi connectivity index (χ3v) is 3.39. The number of carbonyl (C=O) groups excluding carboxylic acids is 1. The quantitative estimate of drug-likeness (QED) is 0.810. The summed E-state index contributed by atoms with van der Waals surface area (Å²) in [6.07, 6.45) is 2.59. The fraction of sp³-hybridized carbons (Fsp3) is 0.455. The van der Waals surface area contributed by atoms with E-state index in [1.807, 2.05) is 0 Å². The lowest BCUT2D eigenvalue weighted by molar-refractivity contribution is 0.0942. The van der Waals surface area contributed by atoms with Crippen LogP contribution >= 0.6 is 0 Å². The minimum atomic E-state index is -3.12. The Hall–Kier alpha value is -1.63. The number of anilines is 1. The number of hydrogen-bond acceptors (Lipinski definition) is 5. The molecule has 1 amide bonds. The number of pyridine rings is 1. The van der Waals surface area contributed by atoms with Crippen LogP contribution in [0.15, 0.2) is 12.3 Å². The number of sulfone groups is 1. The predicted molar refractivity (Wildman–Crippen MR) is 70.0 cm³/mol. The molecule has 3 N–H and O–H groups in total. The van der Waals surface area contributed by atoms with E-state index in [0.717, 1.165) is 6.26 Å². The number of nitrogen functional groups attached to an aromatic ring is 1. The second-order valence-electron chi connectivity index (χ2n) is 4.37. The Labute approximate surface area is 107 Å². The molecular formula is C11H17N3O3S. The van der Waals surface area contributed by atoms with Crippen LogP contribution in [-0.4, -0.2) is 37.4 Å². The minimum Gasteiger partial charge on any atom is -0.397 e. The van der Waals surface area contributed by atoms with Crippen LogP contribution in [0.2, 0.25) is 0 Å². The maximum Gasteiger partial charge on any atom is 0.253 e. The van der Waals surface area contributed by atoms with Crippen molar-refractivity contribution in [3.8, 4) is 0 Å². The van der Waals surface area contributed by atoms with Crippen molar-refractivity contribution >= 4 is 21.4 Å². The Morgan fingerprint density at radius 3 is 2.72 bits per heavy atom. The SMILES string of the molecule is Cc1ncc(N)cc1C(=O)NC(C)CS(C)(=O)=O. The van der Waals surface area contributed by atoms with Crippen molar-refractivity contribution in [2.24, 2.45) is 0 Å². The van der Waals surface area contributed by atoms with Crippen LogP contribution in [0, 0.1) is 6.92 Å². The van der Waals surface area contributed by atoms with Crippen LogP contribution in [-0.2, 0) is 9.84 Å². The van der Waals surface area contributed by atoms with E-state index in [1.54, 1.807) is 13.8 Å². The highest BCUT2D eigenvalue weighted by atomic mass is 32.2. The topological polar surface area (TPSA) is 102 Å². The number of aryl methyl sites for hydroxylation is 1. The number of carbonyl (C=O) groups is 1. The summed E-state index contributed by atoms with van der Waals surface area (Å²) in [6, 6.07) is 1.05. The fourth-order valence-electron chi connectivity index (χ4n) is 1.58. The van der Waals surface area contributed by atoms with Gasteiger partial charge in [0.1, 0.15) is 9.84 Å². The molecule has 18 heavy (non-hydrogen) atoms. The standard InChI is InChI=1S/C11H17N3O3S/c1-7(6-18(3,16)17)14-11(15)10-4-9(12)5-13-8(10)2/h4-5,7H,6,12H2,1-3H3,(H,14,15). The number of hydrogen-bond donors (Lipinski definition) is 2. The minimum absolute atomic E-state index is 0.104. The van der Waals surface area contributed by atoms with Gasteiger partial charge in [0.2, 0.25) is 0 Å². The summed E-state index contributed by atoms with van der Waals surface area (Å²) in [4.78, 5) is 15.9. The molecule has 0 spiro atoms. The van der Waals surface area contributed by atoms with Crippen LogP contribution in [0.4, 0.5) is 5.69 Å². The summed E-state index contributed by atoms with van der Waals surface area (Å²) in [7, 11) is -3.12. The highest BCUT2D eigenvalue weighted by molar-refractivity contribution is 7.90. The Morgan fingerprint density at radius 2 is 2.17 bits per heavy atom. The van der Waals surface area contributed by atoms with Crippen molar-refractivity contribution in [3.05, 3.63) is 23.5 Å². The lowest BCUT2D eigenvalue weighted by Crippen LogP contribution is -2.37. The van der Waals surface area contributed by atoms with Crippen molar-refractivity contribution in [2.45, 2.75) is 19.9 Å². The smallest absolute Gasteiger partial charge is 0.253 e. The molecule has 1 aromatic rings. The maximum absolute atomic E-state index is 11.9. The average Bonchev–Trinajstić information content (AvgIpc) is 2.18. The molecular weight excluding hydrogens is 254 g/mol. The van der Waals surface area contributed by atoms with Gasteiger partial charge in [0, 0.05) is 12.3 Å². The first-order valence-electron chi connectivity index (χ1n) is 5.40. The van der Waals surface area contributed by atoms with Crippen molar-refractivity contribution in [1.82, 2.24) is 10.3 Å². The van der Waals surface area contributed by atoms with Gasteiger partial charge in [-0.05, 0) is 19.9 Å². The monoisotopic (exact) mass is 271 g/mol. The summed E-state index contributed by atoms with van der Waals surface area (Å²) in [5, 5.41) is 2.61. The molecule has 1 atom stereocenters. The molecule has 0 bridgehead atoms. The van der Waals surface area contributed by atoms with Gasteiger partial charge in [-0.3, -0.25) is 9.78 Å². The van der Waals surface area contributed by atoms with Crippen LogP contribution in [0.25, 0.3) is 0 Å². The molecule has 1 aromatic heterocycles. The Bertz CT molecular complexity index is 555. The second kappa shape index (κ2) is 5.34. The molecule has 1 heterocycles. The van der Waals surface area contributed by atoms with Gasteiger partial charge in [-0.15, -0.1) is 0 Å². The number of amides is 1. The van der Waals surface area contributed by atoms with Gasteiger partial charge in [0.25, 0.3) is 5.91 Å². The lowest BCUT2D eigenvalue weighted by atomic mass is 10.1. The zero-order valence-electron chi connectivity index (χ0n) is 10.6. The van der Waals surface area contributed by atoms with Gasteiger partial charge in [-0.25, -0.2) is 8.42 Å². The molecule has 0 fully saturated rings. The molecule has 1 rings (SSSR count). The molecule has 0 saturated heterocycles. The number of rotatable bonds is 4. The number of nitrogens with one attached hydrogen (secondary N) is 1. The van der Waals surface area contributed by atoms with E-state index in [9.17, 15) is 13.2 Å². The highest BCUT2D eigenvalue weighted by Crippen LogP contribution is 2.09. The van der Waals surface area contributed by atoms with Crippen molar-refractivity contribution in [1.29, 1.82) is 0 Å². The van der Waals surface area contributed by atoms with Crippen molar-refractivity contribution < 1.29 is 13.2 Å². The van der Waals surface area contributed by atoms with Gasteiger partial charge in [-0.2, -0.15) is 0 Å². The second-order valence-corrected chi connectivity index (χ2v) is 6.55. The van der Waals surface area contributed by atoms with E-state index in [0.29, 0.717) is 16.9 Å². The molecule has 100 valence electrons. The van der Waals surface area contributed by atoms with Crippen molar-refractivity contribution in [3.63, 3.8) is 0 Å². The van der Waals surface area contributed by atoms with Gasteiger partial charge >= 0.3 is 0 Å². The number of nitrogens with zero attached hydrogens (tertiary/aromatic N) is 1. The van der Waals surface area contributed by atoms with Crippen LogP contribution in [0.1, 0.15) is 23.0 Å². The molecule has 6 nitrogen and oxygen atoms in total. The van der Waals surface area contributed by atoms with Crippen molar-refractivity contribution in [2.75, 3.05) is 17.7 Å². The normalized spacial score (nSPS) is 13.1. The van der Waals surface area contributed by atoms with Crippen LogP contribution in [0.3, 0.4) is 0 Å². The molecule has 1 unspecified atom stereocenters. The Balaban J connectivity index is 2.80. The molecule has 0 aliphatic carbocycles. The van der Waals surface area contributed by atoms with Gasteiger partial charge in [-0.1, -0.05) is 0 Å². The third-order valence-electron chi connectivity index (χ3n) is 2.28. The number of aromatic nitrogens is 1. The van der Waals surface area contributed by atoms with E-state index in [4.69, 9.17) is 5.73 Å². The van der Waals surface area contributed by atoms with Crippen LogP contribution in [0.5, 0.6) is 0 Å². The van der Waals surface area contributed by atoms with Gasteiger partial charge in [0.05, 0.1) is 28.9 Å². The first-order chi connectivity index (χ1) is 8.19. The number of nitrogens with two attached hydrogens (primary N) is 1. The zero-order chi connectivity index (χ0) is 13.9. The molecule has 7 heteroatoms. The zero-order valence-corrected chi connectivity index (χ0v) is 11.4.